The van der Waals surface area contributed by atoms with E-state index in [0.717, 1.165) is 10.0 Å². The number of anilines is 1. The number of benzene rings is 3. The topological polar surface area (TPSA) is 49.9 Å². The number of nitrogens with zero attached hydrogens (tertiary/aromatic N) is 2. The van der Waals surface area contributed by atoms with Crippen LogP contribution in [0.3, 0.4) is 0 Å². The monoisotopic (exact) mass is 548 g/mol. The van der Waals surface area contributed by atoms with Crippen LogP contribution < -0.4 is 9.64 Å². The molecule has 0 aliphatic rings. The van der Waals surface area contributed by atoms with Gasteiger partial charge in [0.15, 0.2) is 0 Å². The van der Waals surface area contributed by atoms with Gasteiger partial charge in [-0.25, -0.2) is 0 Å². The van der Waals surface area contributed by atoms with Crippen LogP contribution in [-0.4, -0.2) is 30.8 Å². The molecule has 0 bridgehead atoms. The lowest BCUT2D eigenvalue weighted by atomic mass is 10.1. The Bertz CT molecular complexity index is 1170. The highest BCUT2D eigenvalue weighted by Gasteiger charge is 2.21. The zero-order chi connectivity index (χ0) is 24.1. The van der Waals surface area contributed by atoms with E-state index in [9.17, 15) is 9.59 Å². The van der Waals surface area contributed by atoms with Gasteiger partial charge >= 0.3 is 0 Å². The minimum absolute atomic E-state index is 0.0679. The fourth-order valence-electron chi connectivity index (χ4n) is 3.32. The van der Waals surface area contributed by atoms with E-state index in [0.29, 0.717) is 39.2 Å². The van der Waals surface area contributed by atoms with Gasteiger partial charge in [-0.1, -0.05) is 64.3 Å². The molecule has 0 spiro atoms. The van der Waals surface area contributed by atoms with Gasteiger partial charge in [-0.3, -0.25) is 9.59 Å². The predicted octanol–water partition coefficient (Wildman–Crippen LogP) is 7.19. The first-order valence-electron chi connectivity index (χ1n) is 10.2. The summed E-state index contributed by atoms with van der Waals surface area (Å²) in [7, 11) is 3.39. The minimum Gasteiger partial charge on any atom is -0.457 e. The second-order valence-corrected chi connectivity index (χ2v) is 9.23. The third kappa shape index (κ3) is 6.28. The number of para-hydroxylation sites is 1. The SMILES string of the molecule is CCC(=O)N(C)c1ccccc1C(=O)N(C)Cc1ccc(Br)cc1Oc1cc(Cl)cc(Cl)c1. The molecule has 0 aliphatic heterocycles. The first-order chi connectivity index (χ1) is 15.7. The number of carbonyl (C=O) groups excluding carboxylic acids is 2. The zero-order valence-corrected chi connectivity index (χ0v) is 21.5. The van der Waals surface area contributed by atoms with Crippen LogP contribution in [0.15, 0.2) is 65.1 Å². The van der Waals surface area contributed by atoms with Crippen LogP contribution in [0.5, 0.6) is 11.5 Å². The van der Waals surface area contributed by atoms with Gasteiger partial charge in [-0.2, -0.15) is 0 Å². The molecule has 3 aromatic carbocycles. The predicted molar refractivity (Wildman–Crippen MR) is 137 cm³/mol. The highest BCUT2D eigenvalue weighted by molar-refractivity contribution is 9.10. The second kappa shape index (κ2) is 11.1. The van der Waals surface area contributed by atoms with Gasteiger partial charge in [-0.15, -0.1) is 0 Å². The number of hydrogen-bond donors (Lipinski definition) is 0. The Morgan fingerprint density at radius 1 is 0.970 bits per heavy atom. The van der Waals surface area contributed by atoms with Crippen LogP contribution >= 0.6 is 39.1 Å². The normalized spacial score (nSPS) is 10.6. The number of hydrogen-bond acceptors (Lipinski definition) is 3. The first kappa shape index (κ1) is 25.1. The van der Waals surface area contributed by atoms with Crippen molar-refractivity contribution in [3.63, 3.8) is 0 Å². The maximum atomic E-state index is 13.3. The fourth-order valence-corrected chi connectivity index (χ4v) is 4.17. The first-order valence-corrected chi connectivity index (χ1v) is 11.8. The number of rotatable bonds is 7. The van der Waals surface area contributed by atoms with E-state index in [4.69, 9.17) is 27.9 Å². The molecule has 0 aliphatic carbocycles. The van der Waals surface area contributed by atoms with Crippen molar-refractivity contribution in [2.75, 3.05) is 19.0 Å². The number of ether oxygens (including phenoxy) is 1. The van der Waals surface area contributed by atoms with E-state index in [-0.39, 0.29) is 18.4 Å². The maximum absolute atomic E-state index is 13.3. The lowest BCUT2D eigenvalue weighted by molar-refractivity contribution is -0.118. The summed E-state index contributed by atoms with van der Waals surface area (Å²) in [6.45, 7) is 2.08. The van der Waals surface area contributed by atoms with E-state index in [1.807, 2.05) is 24.3 Å². The smallest absolute Gasteiger partial charge is 0.256 e. The van der Waals surface area contributed by atoms with E-state index in [1.54, 1.807) is 62.3 Å². The average molecular weight is 550 g/mol. The van der Waals surface area contributed by atoms with Gasteiger partial charge in [0.25, 0.3) is 5.91 Å². The Balaban J connectivity index is 1.87. The van der Waals surface area contributed by atoms with Gasteiger partial charge in [0.05, 0.1) is 11.3 Å². The van der Waals surface area contributed by atoms with Crippen LogP contribution in [0.2, 0.25) is 10.0 Å². The van der Waals surface area contributed by atoms with E-state index in [2.05, 4.69) is 15.9 Å². The van der Waals surface area contributed by atoms with Crippen LogP contribution in [0.25, 0.3) is 0 Å². The van der Waals surface area contributed by atoms with Crippen LogP contribution in [0.1, 0.15) is 29.3 Å². The fraction of sp³-hybridized carbons (Fsp3) is 0.200. The Morgan fingerprint density at radius 3 is 2.30 bits per heavy atom. The van der Waals surface area contributed by atoms with Crippen LogP contribution in [0, 0.1) is 0 Å². The molecule has 8 heteroatoms. The van der Waals surface area contributed by atoms with Gasteiger partial charge < -0.3 is 14.5 Å². The molecule has 172 valence electrons. The van der Waals surface area contributed by atoms with E-state index < -0.39 is 0 Å². The molecule has 3 rings (SSSR count). The molecule has 0 aromatic heterocycles. The molecule has 2 amide bonds. The summed E-state index contributed by atoms with van der Waals surface area (Å²) in [5, 5.41) is 0.924. The molecule has 0 heterocycles. The Hall–Kier alpha value is -2.54. The molecule has 0 fully saturated rings. The summed E-state index contributed by atoms with van der Waals surface area (Å²) < 4.78 is 6.88. The van der Waals surface area contributed by atoms with Gasteiger partial charge in [0, 0.05) is 47.1 Å². The van der Waals surface area contributed by atoms with Crippen LogP contribution in [0.4, 0.5) is 5.69 Å². The van der Waals surface area contributed by atoms with Crippen molar-refractivity contribution in [3.8, 4) is 11.5 Å². The van der Waals surface area contributed by atoms with Gasteiger partial charge in [0.2, 0.25) is 5.91 Å². The van der Waals surface area contributed by atoms with Gasteiger partial charge in [0.1, 0.15) is 11.5 Å². The summed E-state index contributed by atoms with van der Waals surface area (Å²) >= 11 is 15.7. The summed E-state index contributed by atoms with van der Waals surface area (Å²) in [6, 6.07) is 17.6. The molecular weight excluding hydrogens is 527 g/mol. The molecular formula is C25H23BrCl2N2O3. The van der Waals surface area contributed by atoms with Crippen molar-refractivity contribution in [1.82, 2.24) is 4.90 Å². The number of halogens is 3. The number of amides is 2. The van der Waals surface area contributed by atoms with Crippen molar-refractivity contribution in [1.29, 1.82) is 0 Å². The van der Waals surface area contributed by atoms with Crippen molar-refractivity contribution in [2.24, 2.45) is 0 Å². The maximum Gasteiger partial charge on any atom is 0.256 e. The van der Waals surface area contributed by atoms with E-state index >= 15 is 0 Å². The lowest BCUT2D eigenvalue weighted by Crippen LogP contribution is -2.31. The highest BCUT2D eigenvalue weighted by atomic mass is 79.9. The highest BCUT2D eigenvalue weighted by Crippen LogP contribution is 2.33. The van der Waals surface area contributed by atoms with Crippen molar-refractivity contribution < 1.29 is 14.3 Å². The van der Waals surface area contributed by atoms with Crippen LogP contribution in [-0.2, 0) is 11.3 Å². The Kier molecular flexibility index (Phi) is 8.40. The molecule has 0 saturated heterocycles. The summed E-state index contributed by atoms with van der Waals surface area (Å²) in [4.78, 5) is 28.6. The summed E-state index contributed by atoms with van der Waals surface area (Å²) in [5.74, 6) is 0.780. The quantitative estimate of drug-likeness (QED) is 0.313. The second-order valence-electron chi connectivity index (χ2n) is 7.44. The Labute approximate surface area is 212 Å². The zero-order valence-electron chi connectivity index (χ0n) is 18.4. The van der Waals surface area contributed by atoms with Crippen molar-refractivity contribution in [2.45, 2.75) is 19.9 Å². The standard InChI is InChI=1S/C25H23BrCl2N2O3/c1-4-24(31)30(3)22-8-6-5-7-21(22)25(32)29(2)15-16-9-10-17(26)11-23(16)33-20-13-18(27)12-19(28)14-20/h5-14H,4,15H2,1-3H3. The van der Waals surface area contributed by atoms with Crippen molar-refractivity contribution >= 4 is 56.6 Å². The molecule has 0 saturated carbocycles. The Morgan fingerprint density at radius 2 is 1.64 bits per heavy atom. The molecule has 5 nitrogen and oxygen atoms in total. The van der Waals surface area contributed by atoms with Crippen molar-refractivity contribution in [3.05, 3.63) is 86.3 Å². The van der Waals surface area contributed by atoms with E-state index in [1.165, 1.54) is 4.90 Å². The molecule has 0 unspecified atom stereocenters. The average Bonchev–Trinajstić information content (AvgIpc) is 2.78. The molecule has 0 radical (unpaired) electrons. The lowest BCUT2D eigenvalue weighted by Gasteiger charge is -2.24. The number of carbonyl (C=O) groups is 2. The van der Waals surface area contributed by atoms with Gasteiger partial charge in [-0.05, 0) is 42.5 Å². The minimum atomic E-state index is -0.207. The largest absolute Gasteiger partial charge is 0.457 e. The molecule has 0 atom stereocenters. The summed E-state index contributed by atoms with van der Waals surface area (Å²) in [6.07, 6.45) is 0.349. The molecule has 33 heavy (non-hydrogen) atoms. The molecule has 0 N–H and O–H groups in total. The summed E-state index contributed by atoms with van der Waals surface area (Å²) in [5.41, 5.74) is 1.81. The third-order valence-corrected chi connectivity index (χ3v) is 5.95. The third-order valence-electron chi connectivity index (χ3n) is 5.02. The molecule has 3 aromatic rings.